The molecule has 0 saturated carbocycles. The van der Waals surface area contributed by atoms with Gasteiger partial charge in [0.2, 0.25) is 0 Å². The van der Waals surface area contributed by atoms with Crippen molar-refractivity contribution in [2.24, 2.45) is 5.73 Å². The molecule has 1 rings (SSSR count). The molecule has 1 fully saturated rings. The zero-order valence-corrected chi connectivity index (χ0v) is 11.7. The van der Waals surface area contributed by atoms with Crippen LogP contribution >= 0.6 is 0 Å². The predicted octanol–water partition coefficient (Wildman–Crippen LogP) is -1.36. The lowest BCUT2D eigenvalue weighted by molar-refractivity contribution is -0.140. The number of carbonyl (C=O) groups excluding carboxylic acids is 1. The third-order valence-corrected chi connectivity index (χ3v) is 3.20. The van der Waals surface area contributed by atoms with Gasteiger partial charge in [-0.2, -0.15) is 0 Å². The quantitative estimate of drug-likeness (QED) is 0.331. The minimum absolute atomic E-state index is 0.0103. The minimum Gasteiger partial charge on any atom is -0.480 e. The number of carboxylic acid groups (broad SMARTS) is 2. The zero-order valence-electron chi connectivity index (χ0n) is 11.7. The van der Waals surface area contributed by atoms with Gasteiger partial charge in [-0.15, -0.1) is 0 Å². The Hall–Kier alpha value is -1.87. The van der Waals surface area contributed by atoms with Crippen LogP contribution in [0.3, 0.4) is 0 Å². The molecule has 1 heterocycles. The molecule has 0 spiro atoms. The van der Waals surface area contributed by atoms with Crippen LogP contribution in [0.5, 0.6) is 0 Å². The lowest BCUT2D eigenvalue weighted by Crippen LogP contribution is -2.61. The van der Waals surface area contributed by atoms with E-state index in [1.165, 1.54) is 0 Å². The number of nitrogens with one attached hydrogen (secondary N) is 2. The number of amides is 2. The van der Waals surface area contributed by atoms with Crippen LogP contribution in [-0.2, 0) is 9.59 Å². The maximum atomic E-state index is 11.5. The molecule has 1 atom stereocenters. The number of hydrogen-bond acceptors (Lipinski definition) is 5. The summed E-state index contributed by atoms with van der Waals surface area (Å²) in [6, 6.07) is -1.17. The molecule has 0 unspecified atom stereocenters. The number of hydrogen-bond donors (Lipinski definition) is 5. The second-order valence-corrected chi connectivity index (χ2v) is 5.13. The first-order valence-electron chi connectivity index (χ1n) is 6.85. The second kappa shape index (κ2) is 8.42. The summed E-state index contributed by atoms with van der Waals surface area (Å²) in [6.45, 7) is 1.51. The van der Waals surface area contributed by atoms with E-state index >= 15 is 0 Å². The SMILES string of the molecule is N[C@H](CCCCNC(=O)NC1CN(CC(=O)O)C1)C(=O)O. The molecule has 120 valence electrons. The van der Waals surface area contributed by atoms with E-state index in [0.717, 1.165) is 0 Å². The van der Waals surface area contributed by atoms with Gasteiger partial charge in [0, 0.05) is 19.6 Å². The van der Waals surface area contributed by atoms with Gasteiger partial charge < -0.3 is 26.6 Å². The molecule has 0 aromatic carbocycles. The van der Waals surface area contributed by atoms with Crippen molar-refractivity contribution in [3.05, 3.63) is 0 Å². The average molecular weight is 302 g/mol. The minimum atomic E-state index is -1.02. The van der Waals surface area contributed by atoms with Gasteiger partial charge in [0.05, 0.1) is 12.6 Å². The van der Waals surface area contributed by atoms with Gasteiger partial charge in [0.1, 0.15) is 6.04 Å². The molecule has 9 nitrogen and oxygen atoms in total. The number of urea groups is 1. The predicted molar refractivity (Wildman–Crippen MR) is 73.9 cm³/mol. The summed E-state index contributed by atoms with van der Waals surface area (Å²) in [7, 11) is 0. The Morgan fingerprint density at radius 3 is 2.48 bits per heavy atom. The molecule has 0 bridgehead atoms. The van der Waals surface area contributed by atoms with Crippen LogP contribution < -0.4 is 16.4 Å². The van der Waals surface area contributed by atoms with E-state index in [-0.39, 0.29) is 18.6 Å². The molecule has 2 amide bonds. The van der Waals surface area contributed by atoms with Gasteiger partial charge in [-0.25, -0.2) is 4.79 Å². The maximum absolute atomic E-state index is 11.5. The topological polar surface area (TPSA) is 145 Å². The molecule has 0 aromatic rings. The smallest absolute Gasteiger partial charge is 0.320 e. The van der Waals surface area contributed by atoms with Crippen molar-refractivity contribution >= 4 is 18.0 Å². The molecule has 1 aliphatic rings. The summed E-state index contributed by atoms with van der Waals surface area (Å²) in [5.41, 5.74) is 5.35. The Morgan fingerprint density at radius 2 is 1.90 bits per heavy atom. The van der Waals surface area contributed by atoms with Crippen molar-refractivity contribution < 1.29 is 24.6 Å². The Kier molecular flexibility index (Phi) is 6.89. The third kappa shape index (κ3) is 6.91. The van der Waals surface area contributed by atoms with E-state index in [4.69, 9.17) is 15.9 Å². The van der Waals surface area contributed by atoms with Gasteiger partial charge in [-0.05, 0) is 19.3 Å². The number of rotatable bonds is 9. The molecular formula is C12H22N4O5. The number of carboxylic acids is 2. The Morgan fingerprint density at radius 1 is 1.24 bits per heavy atom. The van der Waals surface area contributed by atoms with E-state index in [2.05, 4.69) is 10.6 Å². The largest absolute Gasteiger partial charge is 0.480 e. The Balaban J connectivity index is 1.98. The van der Waals surface area contributed by atoms with E-state index in [1.54, 1.807) is 4.90 Å². The molecule has 1 saturated heterocycles. The summed E-state index contributed by atoms with van der Waals surface area (Å²) in [5, 5.41) is 22.6. The van der Waals surface area contributed by atoms with Crippen molar-refractivity contribution in [2.75, 3.05) is 26.2 Å². The number of unbranched alkanes of at least 4 members (excludes halogenated alkanes) is 1. The van der Waals surface area contributed by atoms with Crippen LogP contribution in [-0.4, -0.2) is 71.3 Å². The van der Waals surface area contributed by atoms with E-state index in [0.29, 0.717) is 38.9 Å². The number of likely N-dealkylation sites (tertiary alicyclic amines) is 1. The number of carbonyl (C=O) groups is 3. The highest BCUT2D eigenvalue weighted by atomic mass is 16.4. The van der Waals surface area contributed by atoms with Gasteiger partial charge in [-0.3, -0.25) is 14.5 Å². The maximum Gasteiger partial charge on any atom is 0.320 e. The van der Waals surface area contributed by atoms with E-state index < -0.39 is 18.0 Å². The fraction of sp³-hybridized carbons (Fsp3) is 0.750. The van der Waals surface area contributed by atoms with Crippen molar-refractivity contribution in [2.45, 2.75) is 31.3 Å². The summed E-state index contributed by atoms with van der Waals surface area (Å²) in [4.78, 5) is 34.1. The van der Waals surface area contributed by atoms with Crippen LogP contribution in [0.25, 0.3) is 0 Å². The van der Waals surface area contributed by atoms with Gasteiger partial charge in [0.15, 0.2) is 0 Å². The third-order valence-electron chi connectivity index (χ3n) is 3.20. The molecule has 6 N–H and O–H groups in total. The van der Waals surface area contributed by atoms with Crippen LogP contribution in [0.15, 0.2) is 0 Å². The molecule has 21 heavy (non-hydrogen) atoms. The summed E-state index contributed by atoms with van der Waals surface area (Å²) in [5.74, 6) is -1.89. The molecule has 0 aliphatic carbocycles. The monoisotopic (exact) mass is 302 g/mol. The van der Waals surface area contributed by atoms with E-state index in [1.807, 2.05) is 0 Å². The van der Waals surface area contributed by atoms with E-state index in [9.17, 15) is 14.4 Å². The number of nitrogens with two attached hydrogens (primary N) is 1. The summed E-state index contributed by atoms with van der Waals surface area (Å²) >= 11 is 0. The summed E-state index contributed by atoms with van der Waals surface area (Å²) < 4.78 is 0. The van der Waals surface area contributed by atoms with Gasteiger partial charge in [0.25, 0.3) is 0 Å². The molecule has 1 aliphatic heterocycles. The molecule has 0 aromatic heterocycles. The highest BCUT2D eigenvalue weighted by Crippen LogP contribution is 2.06. The van der Waals surface area contributed by atoms with Crippen molar-refractivity contribution in [3.8, 4) is 0 Å². The standard InChI is InChI=1S/C12H22N4O5/c13-9(11(19)20)3-1-2-4-14-12(21)15-8-5-16(6-8)7-10(17)18/h8-9H,1-7,13H2,(H,17,18)(H,19,20)(H2,14,15,21)/t9-/m1/s1. The zero-order chi connectivity index (χ0) is 15.8. The molecular weight excluding hydrogens is 280 g/mol. The lowest BCUT2D eigenvalue weighted by Gasteiger charge is -2.38. The van der Waals surface area contributed by atoms with Crippen LogP contribution in [0, 0.1) is 0 Å². The fourth-order valence-electron chi connectivity index (χ4n) is 2.03. The highest BCUT2D eigenvalue weighted by molar-refractivity contribution is 5.74. The van der Waals surface area contributed by atoms with Crippen molar-refractivity contribution in [1.82, 2.24) is 15.5 Å². The Bertz CT molecular complexity index is 384. The van der Waals surface area contributed by atoms with Crippen molar-refractivity contribution in [1.29, 1.82) is 0 Å². The second-order valence-electron chi connectivity index (χ2n) is 5.13. The van der Waals surface area contributed by atoms with Crippen LogP contribution in [0.4, 0.5) is 4.79 Å². The first kappa shape index (κ1) is 17.2. The summed E-state index contributed by atoms with van der Waals surface area (Å²) in [6.07, 6.45) is 1.67. The van der Waals surface area contributed by atoms with Crippen LogP contribution in [0.1, 0.15) is 19.3 Å². The van der Waals surface area contributed by atoms with Crippen molar-refractivity contribution in [3.63, 3.8) is 0 Å². The highest BCUT2D eigenvalue weighted by Gasteiger charge is 2.28. The fourth-order valence-corrected chi connectivity index (χ4v) is 2.03. The molecule has 0 radical (unpaired) electrons. The van der Waals surface area contributed by atoms with Gasteiger partial charge >= 0.3 is 18.0 Å². The Labute approximate surface area is 122 Å². The first-order valence-corrected chi connectivity index (χ1v) is 6.85. The normalized spacial score (nSPS) is 16.8. The first-order chi connectivity index (χ1) is 9.88. The number of aliphatic carboxylic acids is 2. The lowest BCUT2D eigenvalue weighted by atomic mass is 10.1. The molecule has 9 heteroatoms. The van der Waals surface area contributed by atoms with Crippen LogP contribution in [0.2, 0.25) is 0 Å². The number of nitrogens with zero attached hydrogens (tertiary/aromatic N) is 1. The van der Waals surface area contributed by atoms with Gasteiger partial charge in [-0.1, -0.05) is 0 Å². The average Bonchev–Trinajstić information content (AvgIpc) is 2.34.